The van der Waals surface area contributed by atoms with Crippen molar-refractivity contribution >= 4 is 11.5 Å². The second-order valence-corrected chi connectivity index (χ2v) is 5.43. The molecule has 0 atom stereocenters. The predicted octanol–water partition coefficient (Wildman–Crippen LogP) is 2.29. The Balaban J connectivity index is 1.66. The van der Waals surface area contributed by atoms with Gasteiger partial charge in [-0.1, -0.05) is 19.8 Å². The monoisotopic (exact) mass is 232 g/mol. The molecule has 1 saturated carbocycles. The third-order valence-electron chi connectivity index (χ3n) is 3.78. The number of rotatable bonds is 3. The lowest BCUT2D eigenvalue weighted by Crippen LogP contribution is -2.45. The van der Waals surface area contributed by atoms with Crippen LogP contribution in [0.15, 0.2) is 12.3 Å². The molecule has 1 aromatic heterocycles. The minimum atomic E-state index is 0.606. The number of hydrogen-bond acceptors (Lipinski definition) is 4. The van der Waals surface area contributed by atoms with Crippen molar-refractivity contribution in [1.29, 1.82) is 0 Å². The molecule has 4 heteroatoms. The zero-order chi connectivity index (χ0) is 11.7. The van der Waals surface area contributed by atoms with E-state index in [1.807, 2.05) is 6.20 Å². The molecule has 2 heterocycles. The number of aromatic nitrogens is 2. The molecule has 3 rings (SSSR count). The third kappa shape index (κ3) is 2.35. The molecule has 4 nitrogen and oxygen atoms in total. The maximum Gasteiger partial charge on any atom is 0.150 e. The highest BCUT2D eigenvalue weighted by molar-refractivity contribution is 5.54. The van der Waals surface area contributed by atoms with Gasteiger partial charge in [0, 0.05) is 25.2 Å². The zero-order valence-electron chi connectivity index (χ0n) is 10.4. The van der Waals surface area contributed by atoms with Gasteiger partial charge >= 0.3 is 0 Å². The van der Waals surface area contributed by atoms with E-state index in [9.17, 15) is 0 Å². The minimum absolute atomic E-state index is 0.606. The summed E-state index contributed by atoms with van der Waals surface area (Å²) in [4.78, 5) is 2.36. The summed E-state index contributed by atoms with van der Waals surface area (Å²) in [6.45, 7) is 4.58. The molecule has 1 aliphatic carbocycles. The first kappa shape index (κ1) is 10.8. The average Bonchev–Trinajstić information content (AvgIpc) is 2.78. The highest BCUT2D eigenvalue weighted by atomic mass is 15.2. The molecule has 2 fully saturated rings. The molecule has 0 amide bonds. The summed E-state index contributed by atoms with van der Waals surface area (Å²) >= 11 is 0. The van der Waals surface area contributed by atoms with Gasteiger partial charge in [0.15, 0.2) is 5.82 Å². The van der Waals surface area contributed by atoms with Crippen molar-refractivity contribution < 1.29 is 0 Å². The van der Waals surface area contributed by atoms with Crippen molar-refractivity contribution in [3.05, 3.63) is 12.3 Å². The maximum absolute atomic E-state index is 4.17. The van der Waals surface area contributed by atoms with E-state index in [1.54, 1.807) is 0 Å². The first-order chi connectivity index (χ1) is 8.31. The van der Waals surface area contributed by atoms with E-state index in [2.05, 4.69) is 33.4 Å². The maximum atomic E-state index is 4.17. The summed E-state index contributed by atoms with van der Waals surface area (Å²) in [5.74, 6) is 1.75. The van der Waals surface area contributed by atoms with Crippen LogP contribution in [0.5, 0.6) is 0 Å². The molecule has 2 aliphatic rings. The van der Waals surface area contributed by atoms with E-state index in [1.165, 1.54) is 31.4 Å². The lowest BCUT2D eigenvalue weighted by Gasteiger charge is -2.38. The Hall–Kier alpha value is -1.32. The van der Waals surface area contributed by atoms with Gasteiger partial charge in [0.2, 0.25) is 0 Å². The van der Waals surface area contributed by atoms with E-state index < -0.39 is 0 Å². The quantitative estimate of drug-likeness (QED) is 0.868. The minimum Gasteiger partial charge on any atom is -0.369 e. The molecule has 0 aromatic carbocycles. The Kier molecular flexibility index (Phi) is 2.87. The standard InChI is InChI=1S/C13H20N4/c1-10-8-17(9-10)12-6-13(16-14-7-12)15-11-4-2-3-5-11/h6-7,10-11H,2-5,8-9H2,1H3,(H,15,16). The third-order valence-corrected chi connectivity index (χ3v) is 3.78. The molecule has 1 aromatic rings. The van der Waals surface area contributed by atoms with Gasteiger partial charge in [-0.05, 0) is 18.8 Å². The van der Waals surface area contributed by atoms with E-state index in [4.69, 9.17) is 0 Å². The molecule has 0 radical (unpaired) electrons. The Morgan fingerprint density at radius 2 is 2.06 bits per heavy atom. The predicted molar refractivity (Wildman–Crippen MR) is 69.3 cm³/mol. The fraction of sp³-hybridized carbons (Fsp3) is 0.692. The van der Waals surface area contributed by atoms with Crippen molar-refractivity contribution in [3.8, 4) is 0 Å². The highest BCUT2D eigenvalue weighted by Crippen LogP contribution is 2.26. The van der Waals surface area contributed by atoms with Gasteiger partial charge in [-0.2, -0.15) is 5.10 Å². The Labute approximate surface area is 102 Å². The van der Waals surface area contributed by atoms with Gasteiger partial charge in [0.25, 0.3) is 0 Å². The van der Waals surface area contributed by atoms with Gasteiger partial charge in [0.1, 0.15) is 0 Å². The fourth-order valence-corrected chi connectivity index (χ4v) is 2.79. The fourth-order valence-electron chi connectivity index (χ4n) is 2.79. The van der Waals surface area contributed by atoms with E-state index in [0.29, 0.717) is 6.04 Å². The second-order valence-electron chi connectivity index (χ2n) is 5.43. The van der Waals surface area contributed by atoms with Gasteiger partial charge in [-0.15, -0.1) is 5.10 Å². The average molecular weight is 232 g/mol. The molecule has 0 bridgehead atoms. The Bertz CT molecular complexity index is 381. The van der Waals surface area contributed by atoms with E-state index in [-0.39, 0.29) is 0 Å². The van der Waals surface area contributed by atoms with Crippen molar-refractivity contribution in [2.75, 3.05) is 23.3 Å². The summed E-state index contributed by atoms with van der Waals surface area (Å²) < 4.78 is 0. The highest BCUT2D eigenvalue weighted by Gasteiger charge is 2.23. The Morgan fingerprint density at radius 1 is 1.29 bits per heavy atom. The van der Waals surface area contributed by atoms with Crippen molar-refractivity contribution in [2.45, 2.75) is 38.6 Å². The summed E-state index contributed by atoms with van der Waals surface area (Å²) in [6, 6.07) is 2.74. The molecule has 1 saturated heterocycles. The van der Waals surface area contributed by atoms with Crippen LogP contribution in [0.25, 0.3) is 0 Å². The van der Waals surface area contributed by atoms with Crippen LogP contribution >= 0.6 is 0 Å². The van der Waals surface area contributed by atoms with E-state index in [0.717, 1.165) is 24.8 Å². The molecule has 17 heavy (non-hydrogen) atoms. The van der Waals surface area contributed by atoms with Crippen LogP contribution in [0.2, 0.25) is 0 Å². The van der Waals surface area contributed by atoms with Crippen LogP contribution in [0, 0.1) is 5.92 Å². The number of anilines is 2. The van der Waals surface area contributed by atoms with Crippen molar-refractivity contribution in [1.82, 2.24) is 10.2 Å². The van der Waals surface area contributed by atoms with Crippen molar-refractivity contribution in [3.63, 3.8) is 0 Å². The largest absolute Gasteiger partial charge is 0.369 e. The first-order valence-corrected chi connectivity index (χ1v) is 6.65. The smallest absolute Gasteiger partial charge is 0.150 e. The summed E-state index contributed by atoms with van der Waals surface area (Å²) in [7, 11) is 0. The molecule has 1 aliphatic heterocycles. The number of nitrogens with zero attached hydrogens (tertiary/aromatic N) is 3. The molecule has 0 unspecified atom stereocenters. The summed E-state index contributed by atoms with van der Waals surface area (Å²) in [6.07, 6.45) is 7.09. The normalized spacial score (nSPS) is 21.6. The van der Waals surface area contributed by atoms with Gasteiger partial charge in [0.05, 0.1) is 11.9 Å². The summed E-state index contributed by atoms with van der Waals surface area (Å²) in [5.41, 5.74) is 1.21. The number of nitrogens with one attached hydrogen (secondary N) is 1. The van der Waals surface area contributed by atoms with Crippen LogP contribution < -0.4 is 10.2 Å². The first-order valence-electron chi connectivity index (χ1n) is 6.65. The number of hydrogen-bond donors (Lipinski definition) is 1. The molecular weight excluding hydrogens is 212 g/mol. The van der Waals surface area contributed by atoms with Crippen LogP contribution in [0.1, 0.15) is 32.6 Å². The zero-order valence-corrected chi connectivity index (χ0v) is 10.4. The second kappa shape index (κ2) is 4.51. The van der Waals surface area contributed by atoms with Crippen LogP contribution in [-0.4, -0.2) is 29.3 Å². The Morgan fingerprint density at radius 3 is 2.76 bits per heavy atom. The molecular formula is C13H20N4. The van der Waals surface area contributed by atoms with Gasteiger partial charge in [-0.3, -0.25) is 0 Å². The molecule has 92 valence electrons. The lowest BCUT2D eigenvalue weighted by molar-refractivity contribution is 0.446. The lowest BCUT2D eigenvalue weighted by atomic mass is 10.0. The van der Waals surface area contributed by atoms with Gasteiger partial charge in [-0.25, -0.2) is 0 Å². The van der Waals surface area contributed by atoms with E-state index >= 15 is 0 Å². The van der Waals surface area contributed by atoms with Crippen LogP contribution in [0.3, 0.4) is 0 Å². The van der Waals surface area contributed by atoms with Crippen LogP contribution in [0.4, 0.5) is 11.5 Å². The SMILES string of the molecule is CC1CN(c2cnnc(NC3CCCC3)c2)C1. The molecule has 1 N–H and O–H groups in total. The molecule has 0 spiro atoms. The van der Waals surface area contributed by atoms with Crippen LogP contribution in [-0.2, 0) is 0 Å². The van der Waals surface area contributed by atoms with Gasteiger partial charge < -0.3 is 10.2 Å². The summed E-state index contributed by atoms with van der Waals surface area (Å²) in [5, 5.41) is 11.8. The topological polar surface area (TPSA) is 41.1 Å². The van der Waals surface area contributed by atoms with Crippen molar-refractivity contribution in [2.24, 2.45) is 5.92 Å².